The van der Waals surface area contributed by atoms with Crippen molar-refractivity contribution in [3.05, 3.63) is 17.0 Å². The Balaban J connectivity index is 2.51. The number of carbonyl (C=O) groups excluding carboxylic acids is 1. The third kappa shape index (κ3) is 4.65. The lowest BCUT2D eigenvalue weighted by Crippen LogP contribution is -2.37. The summed E-state index contributed by atoms with van der Waals surface area (Å²) in [4.78, 5) is 11.5. The number of hydrogen-bond acceptors (Lipinski definition) is 4. The van der Waals surface area contributed by atoms with E-state index in [-0.39, 0.29) is 18.6 Å². The lowest BCUT2D eigenvalue weighted by Gasteiger charge is -2.09. The molecule has 0 saturated carbocycles. The lowest BCUT2D eigenvalue weighted by atomic mass is 10.2. The molecule has 1 aromatic rings. The van der Waals surface area contributed by atoms with Crippen molar-refractivity contribution in [1.29, 1.82) is 0 Å². The molecule has 0 fully saturated rings. The summed E-state index contributed by atoms with van der Waals surface area (Å²) in [5.74, 6) is -0.00643. The minimum Gasteiger partial charge on any atom is -0.394 e. The van der Waals surface area contributed by atoms with E-state index in [9.17, 15) is 4.79 Å². The molecule has 1 heterocycles. The van der Waals surface area contributed by atoms with Gasteiger partial charge in [0.1, 0.15) is 0 Å². The summed E-state index contributed by atoms with van der Waals surface area (Å²) >= 11 is 0. The van der Waals surface area contributed by atoms with Crippen LogP contribution >= 0.6 is 0 Å². The van der Waals surface area contributed by atoms with E-state index >= 15 is 0 Å². The van der Waals surface area contributed by atoms with Crippen LogP contribution in [-0.4, -0.2) is 40.0 Å². The maximum absolute atomic E-state index is 11.5. The highest BCUT2D eigenvalue weighted by Crippen LogP contribution is 2.12. The summed E-state index contributed by atoms with van der Waals surface area (Å²) in [6, 6.07) is 0.157. The Morgan fingerprint density at radius 1 is 1.42 bits per heavy atom. The minimum absolute atomic E-state index is 0.00643. The van der Waals surface area contributed by atoms with Crippen molar-refractivity contribution in [1.82, 2.24) is 20.4 Å². The van der Waals surface area contributed by atoms with Gasteiger partial charge in [-0.1, -0.05) is 0 Å². The van der Waals surface area contributed by atoms with Gasteiger partial charge in [-0.15, -0.1) is 0 Å². The van der Waals surface area contributed by atoms with Gasteiger partial charge in [-0.2, -0.15) is 5.10 Å². The molecule has 0 bridgehead atoms. The molecule has 0 radical (unpaired) electrons. The molecule has 0 aliphatic carbocycles. The van der Waals surface area contributed by atoms with Crippen LogP contribution < -0.4 is 10.6 Å². The number of aromatic nitrogens is 2. The maximum Gasteiger partial charge on any atom is 0.234 e. The average molecular weight is 268 g/mol. The third-order valence-corrected chi connectivity index (χ3v) is 2.88. The van der Waals surface area contributed by atoms with Crippen molar-refractivity contribution in [2.75, 3.05) is 13.2 Å². The first-order valence-corrected chi connectivity index (χ1v) is 6.59. The largest absolute Gasteiger partial charge is 0.394 e. The molecule has 1 aromatic heterocycles. The van der Waals surface area contributed by atoms with Crippen molar-refractivity contribution >= 4 is 5.91 Å². The fourth-order valence-corrected chi connectivity index (χ4v) is 1.98. The van der Waals surface area contributed by atoms with Crippen molar-refractivity contribution < 1.29 is 9.90 Å². The van der Waals surface area contributed by atoms with Crippen molar-refractivity contribution in [2.45, 2.75) is 46.8 Å². The predicted molar refractivity (Wildman–Crippen MR) is 73.8 cm³/mol. The number of aliphatic hydroxyl groups excluding tert-OH is 1. The summed E-state index contributed by atoms with van der Waals surface area (Å²) in [6.45, 7) is 9.26. The number of rotatable bonds is 7. The number of aryl methyl sites for hydroxylation is 1. The molecule has 6 nitrogen and oxygen atoms in total. The molecule has 0 aliphatic rings. The molecule has 6 heteroatoms. The molecule has 1 rings (SSSR count). The van der Waals surface area contributed by atoms with Crippen LogP contribution in [0.1, 0.15) is 30.8 Å². The van der Waals surface area contributed by atoms with Gasteiger partial charge in [-0.25, -0.2) is 0 Å². The van der Waals surface area contributed by atoms with E-state index < -0.39 is 0 Å². The first-order chi connectivity index (χ1) is 8.95. The van der Waals surface area contributed by atoms with E-state index in [0.717, 1.165) is 17.0 Å². The second kappa shape index (κ2) is 7.25. The Labute approximate surface area is 114 Å². The Morgan fingerprint density at radius 3 is 2.68 bits per heavy atom. The zero-order valence-corrected chi connectivity index (χ0v) is 12.2. The molecule has 0 atom stereocenters. The smallest absolute Gasteiger partial charge is 0.234 e. The van der Waals surface area contributed by atoms with Gasteiger partial charge in [0, 0.05) is 23.8 Å². The molecule has 0 saturated heterocycles. The van der Waals surface area contributed by atoms with E-state index in [2.05, 4.69) is 15.7 Å². The molecule has 19 heavy (non-hydrogen) atoms. The minimum atomic E-state index is -0.00643. The fourth-order valence-electron chi connectivity index (χ4n) is 1.98. The van der Waals surface area contributed by atoms with Gasteiger partial charge in [0.15, 0.2) is 0 Å². The summed E-state index contributed by atoms with van der Waals surface area (Å²) in [6.07, 6.45) is 0. The molecular formula is C13H24N4O2. The van der Waals surface area contributed by atoms with Gasteiger partial charge in [0.05, 0.1) is 25.4 Å². The van der Waals surface area contributed by atoms with E-state index in [1.807, 2.05) is 27.7 Å². The molecular weight excluding hydrogens is 244 g/mol. The monoisotopic (exact) mass is 268 g/mol. The predicted octanol–water partition coefficient (Wildman–Crippen LogP) is 0.106. The highest BCUT2D eigenvalue weighted by Gasteiger charge is 2.11. The number of amides is 1. The zero-order chi connectivity index (χ0) is 14.4. The van der Waals surface area contributed by atoms with Crippen LogP contribution in [0, 0.1) is 13.8 Å². The SMILES string of the molecule is Cc1nn(CCO)c(C)c1CNCC(=O)NC(C)C. The molecule has 0 aromatic carbocycles. The maximum atomic E-state index is 11.5. The quantitative estimate of drug-likeness (QED) is 0.655. The number of hydrogen-bond donors (Lipinski definition) is 3. The van der Waals surface area contributed by atoms with Crippen molar-refractivity contribution in [3.63, 3.8) is 0 Å². The van der Waals surface area contributed by atoms with Crippen LogP contribution in [-0.2, 0) is 17.9 Å². The number of nitrogens with one attached hydrogen (secondary N) is 2. The Hall–Kier alpha value is -1.40. The third-order valence-electron chi connectivity index (χ3n) is 2.88. The lowest BCUT2D eigenvalue weighted by molar-refractivity contribution is -0.120. The van der Waals surface area contributed by atoms with Gasteiger partial charge in [-0.05, 0) is 27.7 Å². The van der Waals surface area contributed by atoms with Gasteiger partial charge in [0.2, 0.25) is 5.91 Å². The summed E-state index contributed by atoms with van der Waals surface area (Å²) < 4.78 is 1.79. The van der Waals surface area contributed by atoms with E-state index in [1.165, 1.54) is 0 Å². The Kier molecular flexibility index (Phi) is 5.98. The number of aliphatic hydroxyl groups is 1. The second-order valence-electron chi connectivity index (χ2n) is 4.92. The van der Waals surface area contributed by atoms with E-state index in [0.29, 0.717) is 19.6 Å². The molecule has 1 amide bonds. The normalized spacial score (nSPS) is 11.1. The highest BCUT2D eigenvalue weighted by atomic mass is 16.3. The van der Waals surface area contributed by atoms with Crippen LogP contribution in [0.2, 0.25) is 0 Å². The Bertz CT molecular complexity index is 427. The first kappa shape index (κ1) is 15.7. The molecule has 0 aliphatic heterocycles. The topological polar surface area (TPSA) is 79.2 Å². The Morgan fingerprint density at radius 2 is 2.11 bits per heavy atom. The van der Waals surface area contributed by atoms with Crippen LogP contribution in [0.4, 0.5) is 0 Å². The zero-order valence-electron chi connectivity index (χ0n) is 12.2. The van der Waals surface area contributed by atoms with Crippen LogP contribution in [0.15, 0.2) is 0 Å². The van der Waals surface area contributed by atoms with E-state index in [4.69, 9.17) is 5.11 Å². The van der Waals surface area contributed by atoms with E-state index in [1.54, 1.807) is 4.68 Å². The second-order valence-corrected chi connectivity index (χ2v) is 4.92. The van der Waals surface area contributed by atoms with Crippen LogP contribution in [0.25, 0.3) is 0 Å². The van der Waals surface area contributed by atoms with Gasteiger partial charge < -0.3 is 15.7 Å². The molecule has 0 unspecified atom stereocenters. The fraction of sp³-hybridized carbons (Fsp3) is 0.692. The first-order valence-electron chi connectivity index (χ1n) is 6.59. The van der Waals surface area contributed by atoms with Gasteiger partial charge in [-0.3, -0.25) is 9.48 Å². The number of nitrogens with zero attached hydrogens (tertiary/aromatic N) is 2. The summed E-state index contributed by atoms with van der Waals surface area (Å²) in [7, 11) is 0. The molecule has 0 spiro atoms. The van der Waals surface area contributed by atoms with Crippen molar-refractivity contribution in [2.24, 2.45) is 0 Å². The van der Waals surface area contributed by atoms with Gasteiger partial charge in [0.25, 0.3) is 0 Å². The standard InChI is InChI=1S/C13H24N4O2/c1-9(2)15-13(19)8-14-7-12-10(3)16-17(5-6-18)11(12)4/h9,14,18H,5-8H2,1-4H3,(H,15,19). The summed E-state index contributed by atoms with van der Waals surface area (Å²) in [5, 5.41) is 19.3. The van der Waals surface area contributed by atoms with Crippen molar-refractivity contribution in [3.8, 4) is 0 Å². The van der Waals surface area contributed by atoms with Crippen LogP contribution in [0.3, 0.4) is 0 Å². The molecule has 108 valence electrons. The highest BCUT2D eigenvalue weighted by molar-refractivity contribution is 5.78. The average Bonchev–Trinajstić information content (AvgIpc) is 2.56. The number of carbonyl (C=O) groups is 1. The summed E-state index contributed by atoms with van der Waals surface area (Å²) in [5.41, 5.74) is 3.05. The van der Waals surface area contributed by atoms with Crippen LogP contribution in [0.5, 0.6) is 0 Å². The van der Waals surface area contributed by atoms with Gasteiger partial charge >= 0.3 is 0 Å². The molecule has 3 N–H and O–H groups in total.